The Morgan fingerprint density at radius 3 is 2.50 bits per heavy atom. The second kappa shape index (κ2) is 8.38. The van der Waals surface area contributed by atoms with E-state index in [1.165, 1.54) is 0 Å². The summed E-state index contributed by atoms with van der Waals surface area (Å²) in [5, 5.41) is 1.73. The lowest BCUT2D eigenvalue weighted by molar-refractivity contribution is 0.0459. The lowest BCUT2D eigenvalue weighted by atomic mass is 10.2. The van der Waals surface area contributed by atoms with Crippen LogP contribution in [0, 0.1) is 6.92 Å². The van der Waals surface area contributed by atoms with E-state index in [1.807, 2.05) is 30.3 Å². The van der Waals surface area contributed by atoms with Crippen LogP contribution in [-0.2, 0) is 25.9 Å². The van der Waals surface area contributed by atoms with Crippen molar-refractivity contribution < 1.29 is 17.9 Å². The zero-order valence-corrected chi connectivity index (χ0v) is 14.0. The van der Waals surface area contributed by atoms with Crippen LogP contribution >= 0.6 is 11.3 Å². The van der Waals surface area contributed by atoms with Crippen molar-refractivity contribution in [3.05, 3.63) is 47.0 Å². The van der Waals surface area contributed by atoms with Gasteiger partial charge in [-0.1, -0.05) is 30.3 Å². The predicted molar refractivity (Wildman–Crippen MR) is 85.8 cm³/mol. The molecular formula is C15H19NO4S2. The molecule has 0 aliphatic carbocycles. The molecule has 2 rings (SSSR count). The summed E-state index contributed by atoms with van der Waals surface area (Å²) in [5.41, 5.74) is 1.82. The minimum absolute atomic E-state index is 0.0569. The molecule has 0 fully saturated rings. The van der Waals surface area contributed by atoms with Crippen LogP contribution in [0.4, 0.5) is 0 Å². The highest BCUT2D eigenvalue weighted by molar-refractivity contribution is 7.93. The minimum atomic E-state index is -3.33. The van der Waals surface area contributed by atoms with Gasteiger partial charge in [0, 0.05) is 11.1 Å². The minimum Gasteiger partial charge on any atom is -0.378 e. The summed E-state index contributed by atoms with van der Waals surface area (Å²) >= 11 is 1.15. The Bertz CT molecular complexity index is 668. The van der Waals surface area contributed by atoms with E-state index in [-0.39, 0.29) is 16.7 Å². The van der Waals surface area contributed by atoms with Crippen molar-refractivity contribution in [3.63, 3.8) is 0 Å². The zero-order valence-electron chi connectivity index (χ0n) is 12.4. The zero-order chi connectivity index (χ0) is 15.8. The number of benzene rings is 1. The Morgan fingerprint density at radius 1 is 1.09 bits per heavy atom. The first-order valence-corrected chi connectivity index (χ1v) is 9.45. The maximum Gasteiger partial charge on any atom is 0.209 e. The van der Waals surface area contributed by atoms with Crippen LogP contribution in [0.1, 0.15) is 11.3 Å². The highest BCUT2D eigenvalue weighted by Gasteiger charge is 2.17. The second-order valence-corrected chi connectivity index (χ2v) is 7.87. The highest BCUT2D eigenvalue weighted by Crippen LogP contribution is 2.16. The highest BCUT2D eigenvalue weighted by atomic mass is 32.2. The molecule has 0 unspecified atom stereocenters. The smallest absolute Gasteiger partial charge is 0.209 e. The van der Waals surface area contributed by atoms with Crippen molar-refractivity contribution in [2.24, 2.45) is 0 Å². The van der Waals surface area contributed by atoms with Gasteiger partial charge in [-0.25, -0.2) is 13.4 Å². The van der Waals surface area contributed by atoms with Crippen molar-refractivity contribution in [1.82, 2.24) is 4.98 Å². The van der Waals surface area contributed by atoms with Crippen LogP contribution in [0.5, 0.6) is 0 Å². The molecular weight excluding hydrogens is 322 g/mol. The molecule has 1 heterocycles. The lowest BCUT2D eigenvalue weighted by Gasteiger charge is -2.06. The van der Waals surface area contributed by atoms with Gasteiger partial charge in [-0.2, -0.15) is 0 Å². The van der Waals surface area contributed by atoms with Gasteiger partial charge in [-0.15, -0.1) is 11.3 Å². The molecule has 1 aromatic carbocycles. The Morgan fingerprint density at radius 2 is 1.82 bits per heavy atom. The van der Waals surface area contributed by atoms with Crippen LogP contribution in [0.3, 0.4) is 0 Å². The fourth-order valence-corrected chi connectivity index (χ4v) is 4.01. The molecule has 0 aliphatic rings. The number of hydrogen-bond acceptors (Lipinski definition) is 6. The molecule has 0 atom stereocenters. The molecule has 0 bridgehead atoms. The molecule has 22 heavy (non-hydrogen) atoms. The third kappa shape index (κ3) is 5.49. The average Bonchev–Trinajstić information content (AvgIpc) is 2.95. The number of nitrogens with zero attached hydrogens (tertiary/aromatic N) is 1. The summed E-state index contributed by atoms with van der Waals surface area (Å²) < 4.78 is 34.8. The number of aromatic nitrogens is 1. The first-order valence-electron chi connectivity index (χ1n) is 6.92. The van der Waals surface area contributed by atoms with E-state index in [4.69, 9.17) is 9.47 Å². The molecule has 0 radical (unpaired) electrons. The molecule has 5 nitrogen and oxygen atoms in total. The molecule has 0 N–H and O–H groups in total. The maximum absolute atomic E-state index is 12.0. The third-order valence-electron chi connectivity index (χ3n) is 2.84. The van der Waals surface area contributed by atoms with E-state index >= 15 is 0 Å². The van der Waals surface area contributed by atoms with Crippen LogP contribution in [-0.4, -0.2) is 39.0 Å². The average molecular weight is 341 g/mol. The van der Waals surface area contributed by atoms with Crippen LogP contribution in [0.25, 0.3) is 0 Å². The van der Waals surface area contributed by atoms with Crippen LogP contribution in [0.15, 0.2) is 40.1 Å². The van der Waals surface area contributed by atoms with Gasteiger partial charge >= 0.3 is 0 Å². The van der Waals surface area contributed by atoms with E-state index in [9.17, 15) is 8.42 Å². The van der Waals surface area contributed by atoms with Crippen molar-refractivity contribution in [3.8, 4) is 0 Å². The molecule has 120 valence electrons. The quantitative estimate of drug-likeness (QED) is 0.656. The first kappa shape index (κ1) is 17.1. The van der Waals surface area contributed by atoms with Crippen molar-refractivity contribution in [2.75, 3.05) is 25.6 Å². The van der Waals surface area contributed by atoms with Crippen molar-refractivity contribution >= 4 is 21.2 Å². The fourth-order valence-electron chi connectivity index (χ4n) is 1.72. The number of hydrogen-bond donors (Lipinski definition) is 0. The van der Waals surface area contributed by atoms with Crippen LogP contribution in [0.2, 0.25) is 0 Å². The molecule has 0 spiro atoms. The monoisotopic (exact) mass is 341 g/mol. The molecule has 0 saturated carbocycles. The lowest BCUT2D eigenvalue weighted by Crippen LogP contribution is -2.14. The van der Waals surface area contributed by atoms with Crippen molar-refractivity contribution in [2.45, 2.75) is 17.9 Å². The number of sulfone groups is 1. The standard InChI is InChI=1S/C15H19NO4S2/c1-13-12-21-15(16-13)22(17,18)10-9-19-7-8-20-11-14-5-3-2-4-6-14/h2-6,12H,7-11H2,1H3. The summed E-state index contributed by atoms with van der Waals surface area (Å²) in [5.74, 6) is -0.0569. The normalized spacial score (nSPS) is 11.7. The topological polar surface area (TPSA) is 65.5 Å². The fraction of sp³-hybridized carbons (Fsp3) is 0.400. The Balaban J connectivity index is 1.59. The molecule has 2 aromatic rings. The number of thiazole rings is 1. The van der Waals surface area contributed by atoms with E-state index < -0.39 is 9.84 Å². The first-order chi connectivity index (χ1) is 10.6. The van der Waals surface area contributed by atoms with Gasteiger partial charge in [0.2, 0.25) is 14.2 Å². The van der Waals surface area contributed by atoms with E-state index in [1.54, 1.807) is 12.3 Å². The summed E-state index contributed by atoms with van der Waals surface area (Å²) in [6.07, 6.45) is 0. The second-order valence-electron chi connectivity index (χ2n) is 4.72. The van der Waals surface area contributed by atoms with Crippen LogP contribution < -0.4 is 0 Å². The molecule has 7 heteroatoms. The van der Waals surface area contributed by atoms with Crippen molar-refractivity contribution in [1.29, 1.82) is 0 Å². The SMILES string of the molecule is Cc1csc(S(=O)(=O)CCOCCOCc2ccccc2)n1. The summed E-state index contributed by atoms with van der Waals surface area (Å²) in [4.78, 5) is 3.99. The van der Waals surface area contributed by atoms with E-state index in [2.05, 4.69) is 4.98 Å². The largest absolute Gasteiger partial charge is 0.378 e. The summed E-state index contributed by atoms with van der Waals surface area (Å²) in [6, 6.07) is 9.85. The number of ether oxygens (including phenoxy) is 2. The van der Waals surface area contributed by atoms with Gasteiger partial charge in [0.15, 0.2) is 0 Å². The summed E-state index contributed by atoms with van der Waals surface area (Å²) in [6.45, 7) is 3.26. The predicted octanol–water partition coefficient (Wildman–Crippen LogP) is 2.46. The molecule has 0 amide bonds. The molecule has 1 aromatic heterocycles. The summed E-state index contributed by atoms with van der Waals surface area (Å²) in [7, 11) is -3.33. The maximum atomic E-state index is 12.0. The van der Waals surface area contributed by atoms with Gasteiger partial charge in [-0.3, -0.25) is 0 Å². The van der Waals surface area contributed by atoms with E-state index in [0.29, 0.717) is 19.8 Å². The Hall–Kier alpha value is -1.28. The van der Waals surface area contributed by atoms with Gasteiger partial charge in [0.25, 0.3) is 0 Å². The number of aryl methyl sites for hydroxylation is 1. The van der Waals surface area contributed by atoms with Gasteiger partial charge in [0.05, 0.1) is 32.2 Å². The Kier molecular flexibility index (Phi) is 6.50. The van der Waals surface area contributed by atoms with Gasteiger partial charge < -0.3 is 9.47 Å². The van der Waals surface area contributed by atoms with Gasteiger partial charge in [0.1, 0.15) is 0 Å². The van der Waals surface area contributed by atoms with E-state index in [0.717, 1.165) is 22.6 Å². The van der Waals surface area contributed by atoms with Gasteiger partial charge in [-0.05, 0) is 12.5 Å². The molecule has 0 aliphatic heterocycles. The number of rotatable bonds is 9. The Labute approximate surface area is 134 Å². The third-order valence-corrected chi connectivity index (χ3v) is 5.97. The molecule has 0 saturated heterocycles.